The van der Waals surface area contributed by atoms with Crippen LogP contribution in [0.5, 0.6) is 0 Å². The van der Waals surface area contributed by atoms with Crippen LogP contribution in [0.15, 0.2) is 0 Å². The van der Waals surface area contributed by atoms with Crippen molar-refractivity contribution >= 4 is 6.03 Å². The highest BCUT2D eigenvalue weighted by molar-refractivity contribution is 5.74. The Morgan fingerprint density at radius 1 is 1.73 bits per heavy atom. The standard InChI is InChI=1S/C7H16N2O2/c1-4-8-7(11)9(3)6(2)5-10/h6,10H,4-5H2,1-3H3,(H,8,11). The molecule has 0 aromatic rings. The Hall–Kier alpha value is -0.770. The van der Waals surface area contributed by atoms with Gasteiger partial charge >= 0.3 is 6.03 Å². The lowest BCUT2D eigenvalue weighted by molar-refractivity contribution is 0.158. The molecule has 2 N–H and O–H groups in total. The fourth-order valence-corrected chi connectivity index (χ4v) is 0.599. The normalized spacial score (nSPS) is 12.4. The summed E-state index contributed by atoms with van der Waals surface area (Å²) in [6.45, 7) is 4.25. The van der Waals surface area contributed by atoms with E-state index in [0.717, 1.165) is 0 Å². The van der Waals surface area contributed by atoms with Crippen LogP contribution in [0.1, 0.15) is 13.8 Å². The van der Waals surface area contributed by atoms with E-state index in [1.165, 1.54) is 4.90 Å². The Balaban J connectivity index is 3.80. The van der Waals surface area contributed by atoms with Gasteiger partial charge in [-0.15, -0.1) is 0 Å². The molecular weight excluding hydrogens is 144 g/mol. The summed E-state index contributed by atoms with van der Waals surface area (Å²) in [7, 11) is 1.66. The number of aliphatic hydroxyl groups is 1. The molecule has 66 valence electrons. The van der Waals surface area contributed by atoms with Crippen LogP contribution in [0.3, 0.4) is 0 Å². The Bertz CT molecular complexity index is 128. The first-order valence-corrected chi connectivity index (χ1v) is 3.75. The summed E-state index contributed by atoms with van der Waals surface area (Å²) >= 11 is 0. The molecule has 0 aliphatic rings. The van der Waals surface area contributed by atoms with Gasteiger partial charge < -0.3 is 15.3 Å². The first kappa shape index (κ1) is 10.2. The zero-order chi connectivity index (χ0) is 8.85. The van der Waals surface area contributed by atoms with Crippen LogP contribution in [0.25, 0.3) is 0 Å². The number of nitrogens with one attached hydrogen (secondary N) is 1. The highest BCUT2D eigenvalue weighted by atomic mass is 16.3. The number of aliphatic hydroxyl groups excluding tert-OH is 1. The lowest BCUT2D eigenvalue weighted by Gasteiger charge is -2.22. The average molecular weight is 160 g/mol. The molecule has 0 radical (unpaired) electrons. The van der Waals surface area contributed by atoms with E-state index in [-0.39, 0.29) is 18.7 Å². The second-order valence-electron chi connectivity index (χ2n) is 2.48. The van der Waals surface area contributed by atoms with Crippen molar-refractivity contribution < 1.29 is 9.90 Å². The first-order valence-electron chi connectivity index (χ1n) is 3.75. The number of nitrogens with zero attached hydrogens (tertiary/aromatic N) is 1. The van der Waals surface area contributed by atoms with Crippen LogP contribution >= 0.6 is 0 Å². The zero-order valence-electron chi connectivity index (χ0n) is 7.29. The monoisotopic (exact) mass is 160 g/mol. The number of rotatable bonds is 3. The topological polar surface area (TPSA) is 52.6 Å². The molecule has 0 saturated heterocycles. The molecule has 0 aromatic carbocycles. The van der Waals surface area contributed by atoms with Crippen LogP contribution < -0.4 is 5.32 Å². The fourth-order valence-electron chi connectivity index (χ4n) is 0.599. The van der Waals surface area contributed by atoms with Crippen molar-refractivity contribution in [3.05, 3.63) is 0 Å². The Kier molecular flexibility index (Phi) is 4.61. The minimum Gasteiger partial charge on any atom is -0.394 e. The van der Waals surface area contributed by atoms with E-state index in [1.807, 2.05) is 6.92 Å². The minimum absolute atomic E-state index is 0.00632. The predicted octanol–water partition coefficient (Wildman–Crippen LogP) is 0.0285. The summed E-state index contributed by atoms with van der Waals surface area (Å²) in [6, 6.07) is -0.268. The molecule has 0 spiro atoms. The van der Waals surface area contributed by atoms with E-state index < -0.39 is 0 Å². The highest BCUT2D eigenvalue weighted by Crippen LogP contribution is 1.93. The van der Waals surface area contributed by atoms with Gasteiger partial charge in [0.05, 0.1) is 12.6 Å². The molecule has 4 nitrogen and oxygen atoms in total. The van der Waals surface area contributed by atoms with Crippen LogP contribution in [-0.2, 0) is 0 Å². The molecule has 0 saturated carbocycles. The van der Waals surface area contributed by atoms with Gasteiger partial charge in [0, 0.05) is 13.6 Å². The van der Waals surface area contributed by atoms with E-state index in [9.17, 15) is 4.79 Å². The molecule has 0 aromatic heterocycles. The van der Waals surface area contributed by atoms with Crippen molar-refractivity contribution in [1.29, 1.82) is 0 Å². The van der Waals surface area contributed by atoms with Crippen molar-refractivity contribution in [1.82, 2.24) is 10.2 Å². The first-order chi connectivity index (χ1) is 5.13. The van der Waals surface area contributed by atoms with Crippen LogP contribution in [0, 0.1) is 0 Å². The third kappa shape index (κ3) is 3.23. The van der Waals surface area contributed by atoms with Gasteiger partial charge in [-0.2, -0.15) is 0 Å². The molecule has 1 atom stereocenters. The third-order valence-electron chi connectivity index (χ3n) is 1.57. The molecule has 4 heteroatoms. The maximum atomic E-state index is 11.0. The predicted molar refractivity (Wildman–Crippen MR) is 43.4 cm³/mol. The minimum atomic E-state index is -0.144. The average Bonchev–Trinajstić information content (AvgIpc) is 2.02. The maximum Gasteiger partial charge on any atom is 0.317 e. The fraction of sp³-hybridized carbons (Fsp3) is 0.857. The number of likely N-dealkylation sites (N-methyl/N-ethyl adjacent to an activating group) is 1. The van der Waals surface area contributed by atoms with Crippen molar-refractivity contribution in [2.24, 2.45) is 0 Å². The van der Waals surface area contributed by atoms with Crippen molar-refractivity contribution in [2.45, 2.75) is 19.9 Å². The Labute approximate surface area is 67.2 Å². The van der Waals surface area contributed by atoms with Gasteiger partial charge in [0.15, 0.2) is 0 Å². The van der Waals surface area contributed by atoms with Crippen molar-refractivity contribution in [3.8, 4) is 0 Å². The number of carbonyl (C=O) groups is 1. The number of hydrogen-bond donors (Lipinski definition) is 2. The molecule has 11 heavy (non-hydrogen) atoms. The number of urea groups is 1. The quantitative estimate of drug-likeness (QED) is 0.612. The molecule has 0 aliphatic heterocycles. The summed E-state index contributed by atoms with van der Waals surface area (Å²) in [5, 5.41) is 11.3. The number of amides is 2. The third-order valence-corrected chi connectivity index (χ3v) is 1.57. The lowest BCUT2D eigenvalue weighted by Crippen LogP contribution is -2.43. The van der Waals surface area contributed by atoms with E-state index in [1.54, 1.807) is 14.0 Å². The summed E-state index contributed by atoms with van der Waals surface area (Å²) in [5.41, 5.74) is 0. The summed E-state index contributed by atoms with van der Waals surface area (Å²) < 4.78 is 0. The van der Waals surface area contributed by atoms with Crippen molar-refractivity contribution in [2.75, 3.05) is 20.2 Å². The maximum absolute atomic E-state index is 11.0. The molecule has 0 bridgehead atoms. The van der Waals surface area contributed by atoms with Gasteiger partial charge in [0.25, 0.3) is 0 Å². The van der Waals surface area contributed by atoms with Crippen molar-refractivity contribution in [3.63, 3.8) is 0 Å². The van der Waals surface area contributed by atoms with Crippen LogP contribution in [-0.4, -0.2) is 42.3 Å². The SMILES string of the molecule is CCNC(=O)N(C)C(C)CO. The van der Waals surface area contributed by atoms with Gasteiger partial charge in [0.2, 0.25) is 0 Å². The highest BCUT2D eigenvalue weighted by Gasteiger charge is 2.12. The zero-order valence-corrected chi connectivity index (χ0v) is 7.29. The molecular formula is C7H16N2O2. The molecule has 1 unspecified atom stereocenters. The smallest absolute Gasteiger partial charge is 0.317 e. The Morgan fingerprint density at radius 3 is 2.64 bits per heavy atom. The van der Waals surface area contributed by atoms with Gasteiger partial charge in [-0.05, 0) is 13.8 Å². The second kappa shape index (κ2) is 4.96. The number of carbonyl (C=O) groups excluding carboxylic acids is 1. The largest absolute Gasteiger partial charge is 0.394 e. The summed E-state index contributed by atoms with van der Waals surface area (Å²) in [6.07, 6.45) is 0. The van der Waals surface area contributed by atoms with E-state index in [2.05, 4.69) is 5.32 Å². The van der Waals surface area contributed by atoms with Gasteiger partial charge in [-0.25, -0.2) is 4.79 Å². The molecule has 0 rings (SSSR count). The van der Waals surface area contributed by atoms with Gasteiger partial charge in [-0.1, -0.05) is 0 Å². The van der Waals surface area contributed by atoms with Crippen LogP contribution in [0.4, 0.5) is 4.79 Å². The van der Waals surface area contributed by atoms with E-state index in [0.29, 0.717) is 6.54 Å². The van der Waals surface area contributed by atoms with E-state index in [4.69, 9.17) is 5.11 Å². The van der Waals surface area contributed by atoms with Gasteiger partial charge in [0.1, 0.15) is 0 Å². The molecule has 0 aliphatic carbocycles. The Morgan fingerprint density at radius 2 is 2.27 bits per heavy atom. The summed E-state index contributed by atoms with van der Waals surface area (Å²) in [5.74, 6) is 0. The van der Waals surface area contributed by atoms with E-state index >= 15 is 0 Å². The van der Waals surface area contributed by atoms with Crippen LogP contribution in [0.2, 0.25) is 0 Å². The van der Waals surface area contributed by atoms with Gasteiger partial charge in [-0.3, -0.25) is 0 Å². The summed E-state index contributed by atoms with van der Waals surface area (Å²) in [4.78, 5) is 12.5. The lowest BCUT2D eigenvalue weighted by atomic mass is 10.3. The molecule has 2 amide bonds. The molecule has 0 heterocycles. The second-order valence-corrected chi connectivity index (χ2v) is 2.48. The molecule has 0 fully saturated rings. The number of hydrogen-bond acceptors (Lipinski definition) is 2.